The Balaban J connectivity index is 2.89. The molecule has 1 aliphatic rings. The number of allylic oxidation sites excluding steroid dienone is 1. The van der Waals surface area contributed by atoms with Gasteiger partial charge in [-0.3, -0.25) is 4.79 Å². The summed E-state index contributed by atoms with van der Waals surface area (Å²) in [4.78, 5) is 12.5. The van der Waals surface area contributed by atoms with Gasteiger partial charge in [-0.15, -0.1) is 6.58 Å². The van der Waals surface area contributed by atoms with Crippen molar-refractivity contribution in [3.63, 3.8) is 0 Å². The van der Waals surface area contributed by atoms with Gasteiger partial charge in [-0.1, -0.05) is 6.08 Å². The standard InChI is InChI=1S/C15H27NO2/c1-7-11-8-9-12(18-6)15(5,10-11)13(17)16-14(2,3)4/h7,11-12H,1,8-10H2,2-6H3,(H,16,17)/t11-,12-,15-/m1/s1. The molecule has 0 aromatic heterocycles. The van der Waals surface area contributed by atoms with Crippen molar-refractivity contribution in [2.24, 2.45) is 11.3 Å². The molecule has 1 rings (SSSR count). The van der Waals surface area contributed by atoms with Crippen LogP contribution in [0.15, 0.2) is 12.7 Å². The van der Waals surface area contributed by atoms with E-state index in [1.807, 2.05) is 33.8 Å². The fraction of sp³-hybridized carbons (Fsp3) is 0.800. The number of rotatable bonds is 3. The van der Waals surface area contributed by atoms with Crippen molar-refractivity contribution in [2.75, 3.05) is 7.11 Å². The Morgan fingerprint density at radius 2 is 2.06 bits per heavy atom. The third kappa shape index (κ3) is 3.35. The maximum atomic E-state index is 12.5. The lowest BCUT2D eigenvalue weighted by molar-refractivity contribution is -0.145. The highest BCUT2D eigenvalue weighted by molar-refractivity contribution is 5.83. The molecule has 1 amide bonds. The molecule has 1 aliphatic carbocycles. The summed E-state index contributed by atoms with van der Waals surface area (Å²) in [5.41, 5.74) is -0.668. The van der Waals surface area contributed by atoms with Crippen LogP contribution in [0.3, 0.4) is 0 Å². The van der Waals surface area contributed by atoms with E-state index < -0.39 is 5.41 Å². The predicted octanol–water partition coefficient (Wildman–Crippen LogP) is 2.91. The van der Waals surface area contributed by atoms with Gasteiger partial charge in [0.15, 0.2) is 0 Å². The number of hydrogen-bond donors (Lipinski definition) is 1. The van der Waals surface area contributed by atoms with Crippen LogP contribution >= 0.6 is 0 Å². The number of hydrogen-bond acceptors (Lipinski definition) is 2. The van der Waals surface area contributed by atoms with E-state index in [-0.39, 0.29) is 17.6 Å². The number of nitrogens with one attached hydrogen (secondary N) is 1. The van der Waals surface area contributed by atoms with E-state index in [2.05, 4.69) is 11.9 Å². The molecular formula is C15H27NO2. The highest BCUT2D eigenvalue weighted by atomic mass is 16.5. The SMILES string of the molecule is C=C[C@@H]1CC[C@@H](OC)[C@](C)(C(=O)NC(C)(C)C)C1. The van der Waals surface area contributed by atoms with Crippen LogP contribution in [0, 0.1) is 11.3 Å². The molecule has 18 heavy (non-hydrogen) atoms. The number of carbonyl (C=O) groups is 1. The Morgan fingerprint density at radius 3 is 2.50 bits per heavy atom. The summed E-state index contributed by atoms with van der Waals surface area (Å²) in [7, 11) is 1.70. The fourth-order valence-electron chi connectivity index (χ4n) is 2.76. The summed E-state index contributed by atoms with van der Waals surface area (Å²) >= 11 is 0. The second-order valence-corrected chi connectivity index (χ2v) is 6.62. The number of carbonyl (C=O) groups excluding carboxylic acids is 1. The van der Waals surface area contributed by atoms with Gasteiger partial charge >= 0.3 is 0 Å². The lowest BCUT2D eigenvalue weighted by Crippen LogP contribution is -2.55. The van der Waals surface area contributed by atoms with Crippen LogP contribution in [0.4, 0.5) is 0 Å². The minimum Gasteiger partial charge on any atom is -0.380 e. The summed E-state index contributed by atoms with van der Waals surface area (Å²) < 4.78 is 5.54. The van der Waals surface area contributed by atoms with Crippen molar-refractivity contribution < 1.29 is 9.53 Å². The Kier molecular flexibility index (Phi) is 4.60. The molecule has 0 unspecified atom stereocenters. The topological polar surface area (TPSA) is 38.3 Å². The molecule has 1 N–H and O–H groups in total. The maximum Gasteiger partial charge on any atom is 0.228 e. The smallest absolute Gasteiger partial charge is 0.228 e. The molecule has 3 heteroatoms. The normalized spacial score (nSPS) is 32.9. The van der Waals surface area contributed by atoms with Crippen molar-refractivity contribution in [2.45, 2.75) is 58.6 Å². The van der Waals surface area contributed by atoms with E-state index in [9.17, 15) is 4.79 Å². The van der Waals surface area contributed by atoms with Crippen LogP contribution in [0.25, 0.3) is 0 Å². The molecule has 1 fully saturated rings. The molecule has 0 radical (unpaired) electrons. The maximum absolute atomic E-state index is 12.5. The summed E-state index contributed by atoms with van der Waals surface area (Å²) in [6.07, 6.45) is 4.75. The first-order chi connectivity index (χ1) is 8.23. The van der Waals surface area contributed by atoms with Crippen molar-refractivity contribution in [3.05, 3.63) is 12.7 Å². The second-order valence-electron chi connectivity index (χ2n) is 6.62. The van der Waals surface area contributed by atoms with Crippen LogP contribution in [0.2, 0.25) is 0 Å². The quantitative estimate of drug-likeness (QED) is 0.785. The Morgan fingerprint density at radius 1 is 1.44 bits per heavy atom. The van der Waals surface area contributed by atoms with Gasteiger partial charge in [0.1, 0.15) is 0 Å². The molecule has 0 spiro atoms. The van der Waals surface area contributed by atoms with E-state index in [1.54, 1.807) is 7.11 Å². The third-order valence-electron chi connectivity index (χ3n) is 3.82. The Hall–Kier alpha value is -0.830. The van der Waals surface area contributed by atoms with Gasteiger partial charge in [0.2, 0.25) is 5.91 Å². The van der Waals surface area contributed by atoms with Crippen molar-refractivity contribution in [1.82, 2.24) is 5.32 Å². The summed E-state index contributed by atoms with van der Waals surface area (Å²) in [5.74, 6) is 0.500. The van der Waals surface area contributed by atoms with E-state index in [0.29, 0.717) is 5.92 Å². The van der Waals surface area contributed by atoms with E-state index >= 15 is 0 Å². The van der Waals surface area contributed by atoms with Crippen molar-refractivity contribution >= 4 is 5.91 Å². The van der Waals surface area contributed by atoms with E-state index in [1.165, 1.54) is 0 Å². The lowest BCUT2D eigenvalue weighted by atomic mass is 9.68. The molecule has 3 atom stereocenters. The summed E-state index contributed by atoms with van der Waals surface area (Å²) in [6.45, 7) is 11.9. The van der Waals surface area contributed by atoms with Gasteiger partial charge in [0.25, 0.3) is 0 Å². The highest BCUT2D eigenvalue weighted by Gasteiger charge is 2.46. The minimum absolute atomic E-state index is 0.00366. The van der Waals surface area contributed by atoms with Gasteiger partial charge < -0.3 is 10.1 Å². The molecule has 104 valence electrons. The van der Waals surface area contributed by atoms with Gasteiger partial charge in [-0.05, 0) is 52.9 Å². The van der Waals surface area contributed by atoms with Crippen molar-refractivity contribution in [3.8, 4) is 0 Å². The minimum atomic E-state index is -0.459. The second kappa shape index (κ2) is 5.43. The average Bonchev–Trinajstić information content (AvgIpc) is 2.26. The van der Waals surface area contributed by atoms with Crippen LogP contribution in [0.5, 0.6) is 0 Å². The summed E-state index contributed by atoms with van der Waals surface area (Å²) in [5, 5.41) is 3.09. The van der Waals surface area contributed by atoms with E-state index in [4.69, 9.17) is 4.74 Å². The van der Waals surface area contributed by atoms with Gasteiger partial charge in [0.05, 0.1) is 11.5 Å². The largest absolute Gasteiger partial charge is 0.380 e. The first-order valence-electron chi connectivity index (χ1n) is 6.71. The molecule has 0 bridgehead atoms. The predicted molar refractivity (Wildman–Crippen MR) is 74.3 cm³/mol. The Bertz CT molecular complexity index is 319. The average molecular weight is 253 g/mol. The zero-order valence-electron chi connectivity index (χ0n) is 12.4. The first-order valence-corrected chi connectivity index (χ1v) is 6.71. The number of ether oxygens (including phenoxy) is 1. The van der Waals surface area contributed by atoms with Crippen LogP contribution < -0.4 is 5.32 Å². The highest BCUT2D eigenvalue weighted by Crippen LogP contribution is 2.41. The van der Waals surface area contributed by atoms with Gasteiger partial charge in [-0.2, -0.15) is 0 Å². The van der Waals surface area contributed by atoms with Gasteiger partial charge in [-0.25, -0.2) is 0 Å². The number of amides is 1. The monoisotopic (exact) mass is 253 g/mol. The van der Waals surface area contributed by atoms with Crippen LogP contribution in [-0.4, -0.2) is 24.7 Å². The summed E-state index contributed by atoms with van der Waals surface area (Å²) in [6, 6.07) is 0. The molecule has 0 saturated heterocycles. The van der Waals surface area contributed by atoms with Gasteiger partial charge in [0, 0.05) is 12.6 Å². The zero-order valence-corrected chi connectivity index (χ0v) is 12.4. The van der Waals surface area contributed by atoms with Crippen LogP contribution in [0.1, 0.15) is 47.0 Å². The molecule has 0 aromatic rings. The number of methoxy groups -OCH3 is 1. The molecule has 1 saturated carbocycles. The zero-order chi connectivity index (χ0) is 14.0. The molecule has 3 nitrogen and oxygen atoms in total. The molecule has 0 aliphatic heterocycles. The molecule has 0 aromatic carbocycles. The molecular weight excluding hydrogens is 226 g/mol. The Labute approximate surface area is 111 Å². The van der Waals surface area contributed by atoms with Crippen LogP contribution in [-0.2, 0) is 9.53 Å². The lowest BCUT2D eigenvalue weighted by Gasteiger charge is -2.43. The molecule has 0 heterocycles. The van der Waals surface area contributed by atoms with Crippen molar-refractivity contribution in [1.29, 1.82) is 0 Å². The van der Waals surface area contributed by atoms with E-state index in [0.717, 1.165) is 19.3 Å². The third-order valence-corrected chi connectivity index (χ3v) is 3.82. The first kappa shape index (κ1) is 15.2. The fourth-order valence-corrected chi connectivity index (χ4v) is 2.76.